The van der Waals surface area contributed by atoms with Crippen molar-refractivity contribution in [3.8, 4) is 0 Å². The predicted octanol–water partition coefficient (Wildman–Crippen LogP) is 1.33. The molecule has 15 heavy (non-hydrogen) atoms. The topological polar surface area (TPSA) is 52.0 Å². The first-order chi connectivity index (χ1) is 7.09. The number of hydrogen-bond donors (Lipinski definition) is 2. The van der Waals surface area contributed by atoms with E-state index in [1.54, 1.807) is 0 Å². The van der Waals surface area contributed by atoms with Crippen LogP contribution in [-0.2, 0) is 0 Å². The summed E-state index contributed by atoms with van der Waals surface area (Å²) in [6.45, 7) is 0. The van der Waals surface area contributed by atoms with Gasteiger partial charge in [0.1, 0.15) is 0 Å². The molecule has 76 valence electrons. The summed E-state index contributed by atoms with van der Waals surface area (Å²) >= 11 is 0. The van der Waals surface area contributed by atoms with Gasteiger partial charge in [0, 0.05) is 0 Å². The Morgan fingerprint density at radius 3 is 1.40 bits per heavy atom. The van der Waals surface area contributed by atoms with Crippen molar-refractivity contribution in [2.75, 3.05) is 0 Å². The van der Waals surface area contributed by atoms with E-state index in [0.717, 1.165) is 0 Å². The first-order valence-corrected chi connectivity index (χ1v) is 5.18. The van der Waals surface area contributed by atoms with Crippen LogP contribution in [0.4, 0.5) is 0 Å². The molecule has 0 radical (unpaired) electrons. The third kappa shape index (κ3) is 1.34. The standard InChI is InChI=1S/C13H14N2/c14-12-5-1-10(2-6-12)11-3-7-13(15,9-12)8-4-11/h1-8H,9,14-15H2. The predicted molar refractivity (Wildman–Crippen MR) is 62.0 cm³/mol. The van der Waals surface area contributed by atoms with E-state index < -0.39 is 11.1 Å². The lowest BCUT2D eigenvalue weighted by molar-refractivity contribution is 0.479. The second-order valence-corrected chi connectivity index (χ2v) is 4.65. The fourth-order valence-electron chi connectivity index (χ4n) is 2.35. The minimum absolute atomic E-state index is 0.410. The summed E-state index contributed by atoms with van der Waals surface area (Å²) in [7, 11) is 0. The smallest absolute Gasteiger partial charge is 0.0555 e. The quantitative estimate of drug-likeness (QED) is 0.617. The molecule has 0 heterocycles. The van der Waals surface area contributed by atoms with Crippen LogP contribution >= 0.6 is 0 Å². The lowest BCUT2D eigenvalue weighted by Crippen LogP contribution is -2.48. The molecule has 0 amide bonds. The summed E-state index contributed by atoms with van der Waals surface area (Å²) in [5, 5.41) is 0. The van der Waals surface area contributed by atoms with Gasteiger partial charge in [-0.2, -0.15) is 0 Å². The van der Waals surface area contributed by atoms with Crippen LogP contribution in [0.1, 0.15) is 6.42 Å². The van der Waals surface area contributed by atoms with Crippen LogP contribution in [0.2, 0.25) is 0 Å². The molecule has 0 fully saturated rings. The molecular formula is C13H14N2. The van der Waals surface area contributed by atoms with Crippen molar-refractivity contribution in [1.82, 2.24) is 0 Å². The van der Waals surface area contributed by atoms with E-state index in [-0.39, 0.29) is 0 Å². The molecule has 0 saturated heterocycles. The van der Waals surface area contributed by atoms with Crippen LogP contribution in [0, 0.1) is 0 Å². The van der Waals surface area contributed by atoms with Crippen LogP contribution in [0.15, 0.2) is 59.8 Å². The van der Waals surface area contributed by atoms with Gasteiger partial charge in [0.15, 0.2) is 0 Å². The number of rotatable bonds is 0. The van der Waals surface area contributed by atoms with Crippen molar-refractivity contribution in [2.24, 2.45) is 11.5 Å². The fourth-order valence-corrected chi connectivity index (χ4v) is 2.35. The lowest BCUT2D eigenvalue weighted by Gasteiger charge is -2.32. The van der Waals surface area contributed by atoms with Gasteiger partial charge in [-0.25, -0.2) is 0 Å². The van der Waals surface area contributed by atoms with Gasteiger partial charge in [-0.1, -0.05) is 48.6 Å². The molecule has 4 bridgehead atoms. The summed E-state index contributed by atoms with van der Waals surface area (Å²) in [4.78, 5) is 0. The highest BCUT2D eigenvalue weighted by Crippen LogP contribution is 2.33. The van der Waals surface area contributed by atoms with Crippen LogP contribution < -0.4 is 11.5 Å². The summed E-state index contributed by atoms with van der Waals surface area (Å²) in [6.07, 6.45) is 17.2. The van der Waals surface area contributed by atoms with Crippen LogP contribution in [0.3, 0.4) is 0 Å². The van der Waals surface area contributed by atoms with Crippen molar-refractivity contribution in [1.29, 1.82) is 0 Å². The Labute approximate surface area is 89.3 Å². The normalized spacial score (nSPS) is 40.9. The van der Waals surface area contributed by atoms with Gasteiger partial charge in [0.2, 0.25) is 0 Å². The lowest BCUT2D eigenvalue weighted by atomic mass is 9.80. The molecule has 4 N–H and O–H groups in total. The molecular weight excluding hydrogens is 184 g/mol. The van der Waals surface area contributed by atoms with E-state index in [1.165, 1.54) is 11.1 Å². The molecule has 0 aliphatic heterocycles. The molecule has 2 nitrogen and oxygen atoms in total. The maximum Gasteiger partial charge on any atom is 0.0555 e. The van der Waals surface area contributed by atoms with Gasteiger partial charge in [-0.15, -0.1) is 0 Å². The molecule has 0 aromatic rings. The Bertz CT molecular complexity index is 387. The van der Waals surface area contributed by atoms with Crippen LogP contribution in [0.5, 0.6) is 0 Å². The second kappa shape index (κ2) is 2.60. The Morgan fingerprint density at radius 2 is 1.07 bits per heavy atom. The highest BCUT2D eigenvalue weighted by molar-refractivity contribution is 5.56. The van der Waals surface area contributed by atoms with Crippen LogP contribution in [-0.4, -0.2) is 11.1 Å². The third-order valence-electron chi connectivity index (χ3n) is 3.24. The van der Waals surface area contributed by atoms with Crippen molar-refractivity contribution >= 4 is 0 Å². The average molecular weight is 198 g/mol. The highest BCUT2D eigenvalue weighted by Gasteiger charge is 2.33. The first kappa shape index (κ1) is 8.89. The van der Waals surface area contributed by atoms with Crippen molar-refractivity contribution in [2.45, 2.75) is 17.5 Å². The molecule has 6 rings (SSSR count). The van der Waals surface area contributed by atoms with Crippen LogP contribution in [0.25, 0.3) is 0 Å². The SMILES string of the molecule is NC12C=CC(=C3C=CC(N)(C=C3)C1)C=C2. The molecule has 2 heteroatoms. The summed E-state index contributed by atoms with van der Waals surface area (Å²) < 4.78 is 0. The van der Waals surface area contributed by atoms with Crippen molar-refractivity contribution in [3.63, 3.8) is 0 Å². The maximum absolute atomic E-state index is 6.26. The van der Waals surface area contributed by atoms with Crippen molar-refractivity contribution < 1.29 is 0 Å². The van der Waals surface area contributed by atoms with Gasteiger partial charge in [-0.05, 0) is 17.6 Å². The third-order valence-corrected chi connectivity index (χ3v) is 3.24. The Morgan fingerprint density at radius 1 is 0.733 bits per heavy atom. The van der Waals surface area contributed by atoms with E-state index in [0.29, 0.717) is 6.42 Å². The molecule has 0 aromatic carbocycles. The number of hydrogen-bond acceptors (Lipinski definition) is 2. The molecule has 0 spiro atoms. The first-order valence-electron chi connectivity index (χ1n) is 5.18. The van der Waals surface area contributed by atoms with Gasteiger partial charge < -0.3 is 11.5 Å². The zero-order valence-corrected chi connectivity index (χ0v) is 8.48. The summed E-state index contributed by atoms with van der Waals surface area (Å²) in [5.74, 6) is 0. The average Bonchev–Trinajstić information content (AvgIpc) is 2.32. The van der Waals surface area contributed by atoms with E-state index >= 15 is 0 Å². The monoisotopic (exact) mass is 198 g/mol. The summed E-state index contributed by atoms with van der Waals surface area (Å²) in [6, 6.07) is 0. The number of allylic oxidation sites excluding steroid dienone is 6. The van der Waals surface area contributed by atoms with Gasteiger partial charge in [0.05, 0.1) is 11.1 Å². The van der Waals surface area contributed by atoms with Crippen molar-refractivity contribution in [3.05, 3.63) is 59.8 Å². The highest BCUT2D eigenvalue weighted by atomic mass is 14.8. The van der Waals surface area contributed by atoms with Gasteiger partial charge in [0.25, 0.3) is 0 Å². The molecule has 0 unspecified atom stereocenters. The maximum atomic E-state index is 6.26. The van der Waals surface area contributed by atoms with E-state index in [9.17, 15) is 0 Å². The Kier molecular flexibility index (Phi) is 1.54. The minimum atomic E-state index is -0.410. The number of nitrogens with two attached hydrogens (primary N) is 2. The molecule has 0 atom stereocenters. The van der Waals surface area contributed by atoms with E-state index in [4.69, 9.17) is 11.5 Å². The Balaban J connectivity index is 2.25. The largest absolute Gasteiger partial charge is 0.319 e. The minimum Gasteiger partial charge on any atom is -0.319 e. The molecule has 0 saturated carbocycles. The van der Waals surface area contributed by atoms with E-state index in [1.807, 2.05) is 24.3 Å². The zero-order valence-electron chi connectivity index (χ0n) is 8.48. The zero-order chi connectivity index (χ0) is 10.5. The van der Waals surface area contributed by atoms with E-state index in [2.05, 4.69) is 24.3 Å². The summed E-state index contributed by atoms with van der Waals surface area (Å²) in [5.41, 5.74) is 14.1. The second-order valence-electron chi connectivity index (χ2n) is 4.65. The van der Waals surface area contributed by atoms with Gasteiger partial charge >= 0.3 is 0 Å². The molecule has 6 aliphatic rings. The molecule has 0 aromatic heterocycles. The Hall–Kier alpha value is -1.38. The fraction of sp³-hybridized carbons (Fsp3) is 0.231. The molecule has 6 aliphatic carbocycles. The van der Waals surface area contributed by atoms with Gasteiger partial charge in [-0.3, -0.25) is 0 Å².